The van der Waals surface area contributed by atoms with Crippen molar-refractivity contribution >= 4 is 11.7 Å². The fourth-order valence-corrected chi connectivity index (χ4v) is 2.07. The van der Waals surface area contributed by atoms with Crippen LogP contribution in [0.2, 0.25) is 0 Å². The van der Waals surface area contributed by atoms with Crippen molar-refractivity contribution < 1.29 is 13.9 Å². The van der Waals surface area contributed by atoms with Crippen molar-refractivity contribution in [2.24, 2.45) is 0 Å². The number of nitrogens with zero attached hydrogens (tertiary/aromatic N) is 1. The van der Waals surface area contributed by atoms with Crippen LogP contribution in [0.1, 0.15) is 34.6 Å². The first-order chi connectivity index (χ1) is 10.0. The maximum atomic E-state index is 12.9. The molecule has 0 fully saturated rings. The second-order valence-corrected chi connectivity index (χ2v) is 4.74. The van der Waals surface area contributed by atoms with E-state index in [0.29, 0.717) is 5.56 Å². The molecule has 1 atom stereocenters. The summed E-state index contributed by atoms with van der Waals surface area (Å²) in [7, 11) is 1.35. The van der Waals surface area contributed by atoms with Gasteiger partial charge in [0.05, 0.1) is 30.6 Å². The molecule has 1 heterocycles. The lowest BCUT2D eigenvalue weighted by atomic mass is 10.1. The molecule has 0 aliphatic heterocycles. The number of hydrogen-bond acceptors (Lipinski definition) is 4. The summed E-state index contributed by atoms with van der Waals surface area (Å²) in [4.78, 5) is 15.7. The maximum Gasteiger partial charge on any atom is 0.338 e. The van der Waals surface area contributed by atoms with E-state index >= 15 is 0 Å². The summed E-state index contributed by atoms with van der Waals surface area (Å²) in [5, 5.41) is 3.27. The van der Waals surface area contributed by atoms with Gasteiger partial charge in [0, 0.05) is 5.69 Å². The Kier molecular flexibility index (Phi) is 4.52. The van der Waals surface area contributed by atoms with Gasteiger partial charge in [0.1, 0.15) is 5.82 Å². The smallest absolute Gasteiger partial charge is 0.338 e. The first-order valence-electron chi connectivity index (χ1n) is 6.59. The first-order valence-corrected chi connectivity index (χ1v) is 6.59. The third-order valence-corrected chi connectivity index (χ3v) is 3.31. The van der Waals surface area contributed by atoms with Crippen molar-refractivity contribution in [3.05, 3.63) is 59.2 Å². The minimum atomic E-state index is -0.372. The number of esters is 1. The van der Waals surface area contributed by atoms with Crippen LogP contribution in [0.25, 0.3) is 0 Å². The Hall–Kier alpha value is -2.43. The zero-order valence-electron chi connectivity index (χ0n) is 12.2. The molecule has 1 aromatic carbocycles. The lowest BCUT2D eigenvalue weighted by Gasteiger charge is -2.17. The highest BCUT2D eigenvalue weighted by molar-refractivity contribution is 5.92. The second kappa shape index (κ2) is 6.35. The monoisotopic (exact) mass is 288 g/mol. The van der Waals surface area contributed by atoms with Crippen LogP contribution in [0.15, 0.2) is 36.5 Å². The van der Waals surface area contributed by atoms with Crippen molar-refractivity contribution in [3.63, 3.8) is 0 Å². The van der Waals surface area contributed by atoms with E-state index in [1.54, 1.807) is 18.2 Å². The van der Waals surface area contributed by atoms with Gasteiger partial charge in [-0.15, -0.1) is 0 Å². The van der Waals surface area contributed by atoms with Crippen LogP contribution in [0, 0.1) is 12.7 Å². The van der Waals surface area contributed by atoms with Gasteiger partial charge in [-0.05, 0) is 43.7 Å². The predicted molar refractivity (Wildman–Crippen MR) is 78.8 cm³/mol. The van der Waals surface area contributed by atoms with E-state index in [0.717, 1.165) is 16.9 Å². The van der Waals surface area contributed by atoms with E-state index in [-0.39, 0.29) is 17.8 Å². The Morgan fingerprint density at radius 3 is 2.71 bits per heavy atom. The van der Waals surface area contributed by atoms with E-state index in [9.17, 15) is 9.18 Å². The summed E-state index contributed by atoms with van der Waals surface area (Å²) in [6.07, 6.45) is 1.19. The molecule has 21 heavy (non-hydrogen) atoms. The Labute approximate surface area is 123 Å². The van der Waals surface area contributed by atoms with E-state index in [1.807, 2.05) is 19.9 Å². The van der Waals surface area contributed by atoms with Crippen molar-refractivity contribution in [1.82, 2.24) is 4.98 Å². The number of carbonyl (C=O) groups excluding carboxylic acids is 1. The highest BCUT2D eigenvalue weighted by atomic mass is 19.1. The van der Waals surface area contributed by atoms with Gasteiger partial charge in [0.25, 0.3) is 0 Å². The number of hydrogen-bond donors (Lipinski definition) is 1. The zero-order valence-corrected chi connectivity index (χ0v) is 12.2. The number of pyridine rings is 1. The van der Waals surface area contributed by atoms with Crippen LogP contribution in [0.4, 0.5) is 10.1 Å². The molecule has 0 spiro atoms. The van der Waals surface area contributed by atoms with E-state index in [2.05, 4.69) is 10.3 Å². The number of halogens is 1. The van der Waals surface area contributed by atoms with Crippen molar-refractivity contribution in [3.8, 4) is 0 Å². The highest BCUT2D eigenvalue weighted by Crippen LogP contribution is 2.24. The van der Waals surface area contributed by atoms with Gasteiger partial charge in [-0.1, -0.05) is 6.07 Å². The molecule has 2 rings (SSSR count). The predicted octanol–water partition coefficient (Wildman–Crippen LogP) is 3.49. The topological polar surface area (TPSA) is 51.2 Å². The molecule has 0 radical (unpaired) electrons. The molecule has 2 aromatic rings. The number of rotatable bonds is 4. The average Bonchev–Trinajstić information content (AvgIpc) is 2.49. The lowest BCUT2D eigenvalue weighted by molar-refractivity contribution is 0.0600. The van der Waals surface area contributed by atoms with Gasteiger partial charge in [-0.3, -0.25) is 4.98 Å². The number of anilines is 1. The Morgan fingerprint density at radius 2 is 2.10 bits per heavy atom. The van der Waals surface area contributed by atoms with E-state index in [1.165, 1.54) is 19.4 Å². The molecular formula is C16H17FN2O2. The first kappa shape index (κ1) is 15.0. The molecule has 1 N–H and O–H groups in total. The molecule has 110 valence electrons. The molecule has 0 aliphatic carbocycles. The standard InChI is InChI=1S/C16H17FN2O2/c1-10-13(16(20)21-3)5-4-6-14(10)19-11(2)15-8-7-12(17)9-18-15/h4-9,11,19H,1-3H3. The number of nitrogens with one attached hydrogen (secondary N) is 1. The second-order valence-electron chi connectivity index (χ2n) is 4.74. The highest BCUT2D eigenvalue weighted by Gasteiger charge is 2.14. The van der Waals surface area contributed by atoms with Crippen molar-refractivity contribution in [1.29, 1.82) is 0 Å². The molecule has 0 saturated carbocycles. The molecule has 5 heteroatoms. The van der Waals surface area contributed by atoms with Crippen LogP contribution >= 0.6 is 0 Å². The van der Waals surface area contributed by atoms with Crippen LogP contribution in [0.3, 0.4) is 0 Å². The maximum absolute atomic E-state index is 12.9. The van der Waals surface area contributed by atoms with Gasteiger partial charge >= 0.3 is 5.97 Å². The fourth-order valence-electron chi connectivity index (χ4n) is 2.07. The third kappa shape index (κ3) is 3.37. The van der Waals surface area contributed by atoms with Gasteiger partial charge in [0.2, 0.25) is 0 Å². The molecule has 0 aliphatic rings. The SMILES string of the molecule is COC(=O)c1cccc(NC(C)c2ccc(F)cn2)c1C. The van der Waals surface area contributed by atoms with Crippen LogP contribution < -0.4 is 5.32 Å². The summed E-state index contributed by atoms with van der Waals surface area (Å²) < 4.78 is 17.6. The fraction of sp³-hybridized carbons (Fsp3) is 0.250. The molecule has 0 bridgehead atoms. The number of benzene rings is 1. The van der Waals surface area contributed by atoms with Crippen LogP contribution in [0.5, 0.6) is 0 Å². The number of methoxy groups -OCH3 is 1. The summed E-state index contributed by atoms with van der Waals surface area (Å²) in [6.45, 7) is 3.77. The van der Waals surface area contributed by atoms with Crippen molar-refractivity contribution in [2.75, 3.05) is 12.4 Å². The molecular weight excluding hydrogens is 271 g/mol. The zero-order chi connectivity index (χ0) is 15.4. The summed E-state index contributed by atoms with van der Waals surface area (Å²) in [6, 6.07) is 8.27. The van der Waals surface area contributed by atoms with E-state index < -0.39 is 0 Å². The summed E-state index contributed by atoms with van der Waals surface area (Å²) >= 11 is 0. The Bertz CT molecular complexity index is 641. The lowest BCUT2D eigenvalue weighted by Crippen LogP contribution is -2.11. The quantitative estimate of drug-likeness (QED) is 0.875. The summed E-state index contributed by atoms with van der Waals surface area (Å²) in [5.41, 5.74) is 2.86. The normalized spacial score (nSPS) is 11.8. The minimum Gasteiger partial charge on any atom is -0.465 e. The average molecular weight is 288 g/mol. The largest absolute Gasteiger partial charge is 0.465 e. The van der Waals surface area contributed by atoms with Crippen LogP contribution in [-0.2, 0) is 4.74 Å². The minimum absolute atomic E-state index is 0.114. The molecule has 1 aromatic heterocycles. The molecule has 0 saturated heterocycles. The third-order valence-electron chi connectivity index (χ3n) is 3.31. The number of aromatic nitrogens is 1. The number of ether oxygens (including phenoxy) is 1. The van der Waals surface area contributed by atoms with Gasteiger partial charge in [0.15, 0.2) is 0 Å². The number of carbonyl (C=O) groups is 1. The van der Waals surface area contributed by atoms with E-state index in [4.69, 9.17) is 4.74 Å². The summed E-state index contributed by atoms with van der Waals surface area (Å²) in [5.74, 6) is -0.737. The Morgan fingerprint density at radius 1 is 1.33 bits per heavy atom. The molecule has 4 nitrogen and oxygen atoms in total. The molecule has 1 unspecified atom stereocenters. The van der Waals surface area contributed by atoms with Crippen LogP contribution in [-0.4, -0.2) is 18.1 Å². The Balaban J connectivity index is 2.23. The molecule has 0 amide bonds. The van der Waals surface area contributed by atoms with Gasteiger partial charge < -0.3 is 10.1 Å². The van der Waals surface area contributed by atoms with Crippen molar-refractivity contribution in [2.45, 2.75) is 19.9 Å². The van der Waals surface area contributed by atoms with Gasteiger partial charge in [-0.25, -0.2) is 9.18 Å². The van der Waals surface area contributed by atoms with Gasteiger partial charge in [-0.2, -0.15) is 0 Å².